The minimum Gasteiger partial charge on any atom is -0.321 e. The van der Waals surface area contributed by atoms with Crippen molar-refractivity contribution < 1.29 is 9.59 Å². The number of hydrogen-bond donors (Lipinski definition) is 1. The summed E-state index contributed by atoms with van der Waals surface area (Å²) in [6, 6.07) is 23.5. The monoisotopic (exact) mass is 521 g/mol. The molecule has 0 aliphatic carbocycles. The molecule has 35 heavy (non-hydrogen) atoms. The number of hydrogen-bond acceptors (Lipinski definition) is 4. The van der Waals surface area contributed by atoms with Crippen molar-refractivity contribution in [3.63, 3.8) is 0 Å². The van der Waals surface area contributed by atoms with E-state index in [-0.39, 0.29) is 16.5 Å². The molecule has 0 saturated carbocycles. The van der Waals surface area contributed by atoms with Crippen molar-refractivity contribution >= 4 is 58.2 Å². The number of carbonyl (C=O) groups is 2. The van der Waals surface area contributed by atoms with Gasteiger partial charge in [0.2, 0.25) is 5.91 Å². The maximum atomic E-state index is 13.5. The van der Waals surface area contributed by atoms with E-state index < -0.39 is 11.2 Å². The first-order valence-electron chi connectivity index (χ1n) is 11.0. The van der Waals surface area contributed by atoms with Crippen LogP contribution >= 0.6 is 35.0 Å². The standard InChI is InChI=1S/C27H21Cl2N3O2S/c1-2-17-8-11-20(12-9-17)31-25(33)22(16-30)27-32(21-6-4-3-5-7-21)26(34)24(35-27)15-18-14-19(28)10-13-23(18)29/h3-14,24H,2,15H2,1H3,(H,31,33)/b27-22+/t24-/m1/s1. The van der Waals surface area contributed by atoms with Crippen molar-refractivity contribution in [1.29, 1.82) is 5.26 Å². The molecule has 1 aliphatic heterocycles. The number of benzene rings is 3. The van der Waals surface area contributed by atoms with Crippen molar-refractivity contribution in [3.05, 3.63) is 105 Å². The summed E-state index contributed by atoms with van der Waals surface area (Å²) in [7, 11) is 0. The number of para-hydroxylation sites is 1. The molecule has 0 radical (unpaired) electrons. The smallest absolute Gasteiger partial charge is 0.269 e. The van der Waals surface area contributed by atoms with Crippen molar-refractivity contribution in [2.24, 2.45) is 0 Å². The minimum atomic E-state index is -0.582. The van der Waals surface area contributed by atoms with Gasteiger partial charge in [0, 0.05) is 21.4 Å². The Kier molecular flexibility index (Phi) is 7.82. The van der Waals surface area contributed by atoms with Crippen LogP contribution in [-0.4, -0.2) is 17.1 Å². The van der Waals surface area contributed by atoms with Crippen molar-refractivity contribution in [2.45, 2.75) is 25.0 Å². The molecule has 3 aromatic carbocycles. The lowest BCUT2D eigenvalue weighted by molar-refractivity contribution is -0.117. The summed E-state index contributed by atoms with van der Waals surface area (Å²) in [4.78, 5) is 28.1. The number of nitriles is 1. The van der Waals surface area contributed by atoms with Gasteiger partial charge in [0.1, 0.15) is 16.7 Å². The van der Waals surface area contributed by atoms with E-state index in [0.717, 1.165) is 17.5 Å². The van der Waals surface area contributed by atoms with Gasteiger partial charge in [0.25, 0.3) is 5.91 Å². The molecular formula is C27H21Cl2N3O2S. The second-order valence-corrected chi connectivity index (χ2v) is 9.89. The van der Waals surface area contributed by atoms with E-state index in [1.165, 1.54) is 16.7 Å². The molecule has 1 aliphatic rings. The van der Waals surface area contributed by atoms with Gasteiger partial charge in [-0.25, -0.2) is 0 Å². The lowest BCUT2D eigenvalue weighted by atomic mass is 10.1. The third-order valence-electron chi connectivity index (χ3n) is 5.55. The topological polar surface area (TPSA) is 73.2 Å². The highest BCUT2D eigenvalue weighted by Gasteiger charge is 2.41. The molecule has 1 N–H and O–H groups in total. The molecule has 1 atom stereocenters. The van der Waals surface area contributed by atoms with Gasteiger partial charge in [-0.05, 0) is 66.4 Å². The number of carbonyl (C=O) groups excluding carboxylic acids is 2. The first kappa shape index (κ1) is 24.9. The van der Waals surface area contributed by atoms with E-state index in [1.807, 2.05) is 31.2 Å². The first-order chi connectivity index (χ1) is 16.9. The highest BCUT2D eigenvalue weighted by molar-refractivity contribution is 8.05. The Bertz CT molecular complexity index is 1330. The summed E-state index contributed by atoms with van der Waals surface area (Å²) >= 11 is 13.7. The van der Waals surface area contributed by atoms with E-state index in [4.69, 9.17) is 23.2 Å². The summed E-state index contributed by atoms with van der Waals surface area (Å²) < 4.78 is 0. The predicted molar refractivity (Wildman–Crippen MR) is 143 cm³/mol. The number of nitrogens with zero attached hydrogens (tertiary/aromatic N) is 2. The van der Waals surface area contributed by atoms with Crippen LogP contribution in [0.5, 0.6) is 0 Å². The number of amides is 2. The zero-order valence-electron chi connectivity index (χ0n) is 18.8. The van der Waals surface area contributed by atoms with Gasteiger partial charge in [0.05, 0.1) is 5.25 Å². The summed E-state index contributed by atoms with van der Waals surface area (Å²) in [6.07, 6.45) is 1.18. The minimum absolute atomic E-state index is 0.133. The largest absolute Gasteiger partial charge is 0.321 e. The van der Waals surface area contributed by atoms with Gasteiger partial charge in [-0.1, -0.05) is 72.2 Å². The molecular weight excluding hydrogens is 501 g/mol. The van der Waals surface area contributed by atoms with Crippen molar-refractivity contribution in [3.8, 4) is 6.07 Å². The average Bonchev–Trinajstić information content (AvgIpc) is 3.18. The predicted octanol–water partition coefficient (Wildman–Crippen LogP) is 6.62. The Morgan fingerprint density at radius 2 is 1.80 bits per heavy atom. The zero-order chi connectivity index (χ0) is 24.9. The van der Waals surface area contributed by atoms with E-state index in [2.05, 4.69) is 5.32 Å². The van der Waals surface area contributed by atoms with Crippen LogP contribution in [0, 0.1) is 11.3 Å². The number of aryl methyl sites for hydroxylation is 1. The fourth-order valence-electron chi connectivity index (χ4n) is 3.72. The van der Waals surface area contributed by atoms with Crippen LogP contribution in [0.3, 0.4) is 0 Å². The summed E-state index contributed by atoms with van der Waals surface area (Å²) in [5.41, 5.74) is 2.87. The molecule has 1 heterocycles. The van der Waals surface area contributed by atoms with Crippen LogP contribution in [0.15, 0.2) is 83.4 Å². The summed E-state index contributed by atoms with van der Waals surface area (Å²) in [5.74, 6) is -0.811. The van der Waals surface area contributed by atoms with E-state index in [1.54, 1.807) is 54.6 Å². The third kappa shape index (κ3) is 5.54. The van der Waals surface area contributed by atoms with E-state index >= 15 is 0 Å². The van der Waals surface area contributed by atoms with Crippen LogP contribution in [0.2, 0.25) is 10.0 Å². The van der Waals surface area contributed by atoms with E-state index in [9.17, 15) is 14.9 Å². The Labute approximate surface area is 218 Å². The normalized spacial score (nSPS) is 16.7. The molecule has 4 rings (SSSR count). The van der Waals surface area contributed by atoms with Crippen LogP contribution in [0.25, 0.3) is 0 Å². The van der Waals surface area contributed by atoms with Gasteiger partial charge in [-0.3, -0.25) is 14.5 Å². The summed E-state index contributed by atoms with van der Waals surface area (Å²) in [6.45, 7) is 2.05. The SMILES string of the molecule is CCc1ccc(NC(=O)/C(C#N)=C2/S[C@H](Cc3cc(Cl)ccc3Cl)C(=O)N2c2ccccc2)cc1. The molecule has 1 saturated heterocycles. The molecule has 0 bridgehead atoms. The summed E-state index contributed by atoms with van der Waals surface area (Å²) in [5, 5.41) is 13.5. The zero-order valence-corrected chi connectivity index (χ0v) is 21.1. The molecule has 176 valence electrons. The van der Waals surface area contributed by atoms with Crippen molar-refractivity contribution in [1.82, 2.24) is 0 Å². The first-order valence-corrected chi connectivity index (χ1v) is 12.6. The Morgan fingerprint density at radius 3 is 2.46 bits per heavy atom. The number of halogens is 2. The quantitative estimate of drug-likeness (QED) is 0.292. The highest BCUT2D eigenvalue weighted by Crippen LogP contribution is 2.42. The number of thioether (sulfide) groups is 1. The number of rotatable bonds is 6. The molecule has 5 nitrogen and oxygen atoms in total. The molecule has 8 heteroatoms. The number of nitrogens with one attached hydrogen (secondary N) is 1. The van der Waals surface area contributed by atoms with E-state index in [0.29, 0.717) is 27.8 Å². The molecule has 0 unspecified atom stereocenters. The Hall–Kier alpha value is -3.24. The van der Waals surface area contributed by atoms with Gasteiger partial charge in [-0.2, -0.15) is 5.26 Å². The third-order valence-corrected chi connectivity index (χ3v) is 7.42. The van der Waals surface area contributed by atoms with Crippen LogP contribution < -0.4 is 10.2 Å². The number of anilines is 2. The molecule has 3 aromatic rings. The van der Waals surface area contributed by atoms with Crippen LogP contribution in [-0.2, 0) is 22.4 Å². The fraction of sp³-hybridized carbons (Fsp3) is 0.148. The van der Waals surface area contributed by atoms with Crippen LogP contribution in [0.4, 0.5) is 11.4 Å². The lowest BCUT2D eigenvalue weighted by Crippen LogP contribution is -2.30. The molecule has 0 spiro atoms. The molecule has 2 amide bonds. The van der Waals surface area contributed by atoms with Gasteiger partial charge < -0.3 is 5.32 Å². The fourth-order valence-corrected chi connectivity index (χ4v) is 5.40. The maximum Gasteiger partial charge on any atom is 0.269 e. The second kappa shape index (κ2) is 11.0. The van der Waals surface area contributed by atoms with Crippen molar-refractivity contribution in [2.75, 3.05) is 10.2 Å². The van der Waals surface area contributed by atoms with Gasteiger partial charge in [0.15, 0.2) is 0 Å². The second-order valence-electron chi connectivity index (χ2n) is 7.85. The Morgan fingerprint density at radius 1 is 1.09 bits per heavy atom. The molecule has 0 aromatic heterocycles. The average molecular weight is 522 g/mol. The van der Waals surface area contributed by atoms with Gasteiger partial charge >= 0.3 is 0 Å². The molecule has 1 fully saturated rings. The Balaban J connectivity index is 1.70. The maximum absolute atomic E-state index is 13.5. The van der Waals surface area contributed by atoms with Crippen LogP contribution in [0.1, 0.15) is 18.1 Å². The lowest BCUT2D eigenvalue weighted by Gasteiger charge is -2.18. The van der Waals surface area contributed by atoms with Gasteiger partial charge in [-0.15, -0.1) is 0 Å². The highest BCUT2D eigenvalue weighted by atomic mass is 35.5.